The van der Waals surface area contributed by atoms with Crippen molar-refractivity contribution in [1.82, 2.24) is 4.98 Å². The van der Waals surface area contributed by atoms with Crippen LogP contribution in [0.4, 0.5) is 0 Å². The van der Waals surface area contributed by atoms with E-state index in [-0.39, 0.29) is 6.42 Å². The van der Waals surface area contributed by atoms with Gasteiger partial charge in [-0.2, -0.15) is 0 Å². The molecule has 0 unspecified atom stereocenters. The van der Waals surface area contributed by atoms with E-state index in [1.54, 1.807) is 11.3 Å². The molecule has 0 bridgehead atoms. The van der Waals surface area contributed by atoms with Gasteiger partial charge < -0.3 is 5.11 Å². The van der Waals surface area contributed by atoms with Crippen LogP contribution in [0.3, 0.4) is 0 Å². The fourth-order valence-electron chi connectivity index (χ4n) is 1.50. The van der Waals surface area contributed by atoms with Crippen LogP contribution >= 0.6 is 11.3 Å². The molecule has 76 valence electrons. The molecule has 0 spiro atoms. The number of aliphatic carboxylic acids is 1. The number of carbonyl (C=O) groups is 1. The van der Waals surface area contributed by atoms with E-state index in [0.717, 1.165) is 22.0 Å². The van der Waals surface area contributed by atoms with E-state index in [9.17, 15) is 4.79 Å². The van der Waals surface area contributed by atoms with Crippen molar-refractivity contribution < 1.29 is 9.90 Å². The van der Waals surface area contributed by atoms with Crippen LogP contribution in [0.25, 0.3) is 0 Å². The maximum atomic E-state index is 10.6. The van der Waals surface area contributed by atoms with Crippen LogP contribution in [0.15, 0.2) is 0 Å². The number of hydrogen-bond donors (Lipinski definition) is 1. The lowest BCUT2D eigenvalue weighted by molar-refractivity contribution is -0.136. The second-order valence-corrected chi connectivity index (χ2v) is 4.78. The number of rotatable bonds is 4. The average Bonchev–Trinajstić information content (AvgIpc) is 2.88. The molecule has 0 amide bonds. The number of nitrogens with zero attached hydrogens (tertiary/aromatic N) is 1. The number of carboxylic acids is 1. The molecular weight excluding hydrogens is 198 g/mol. The Morgan fingerprint density at radius 3 is 2.86 bits per heavy atom. The first-order valence-electron chi connectivity index (χ1n) is 4.91. The Kier molecular flexibility index (Phi) is 2.54. The molecule has 1 aromatic rings. The van der Waals surface area contributed by atoms with Crippen molar-refractivity contribution in [2.24, 2.45) is 0 Å². The van der Waals surface area contributed by atoms with Gasteiger partial charge in [-0.25, -0.2) is 4.98 Å². The number of aryl methyl sites for hydroxylation is 1. The molecule has 0 aromatic carbocycles. The third-order valence-corrected chi connectivity index (χ3v) is 3.57. The van der Waals surface area contributed by atoms with Gasteiger partial charge in [-0.05, 0) is 19.3 Å². The summed E-state index contributed by atoms with van der Waals surface area (Å²) in [5, 5.41) is 9.83. The summed E-state index contributed by atoms with van der Waals surface area (Å²) >= 11 is 1.56. The first kappa shape index (κ1) is 9.65. The minimum atomic E-state index is -0.752. The van der Waals surface area contributed by atoms with Crippen molar-refractivity contribution in [1.29, 1.82) is 0 Å². The number of thiazole rings is 1. The number of aromatic nitrogens is 1. The third-order valence-electron chi connectivity index (χ3n) is 2.35. The molecule has 14 heavy (non-hydrogen) atoms. The summed E-state index contributed by atoms with van der Waals surface area (Å²) < 4.78 is 0. The van der Waals surface area contributed by atoms with Gasteiger partial charge in [-0.1, -0.05) is 6.92 Å². The number of carboxylic acid groups (broad SMARTS) is 1. The summed E-state index contributed by atoms with van der Waals surface area (Å²) in [6.07, 6.45) is 3.41. The molecule has 1 N–H and O–H groups in total. The fourth-order valence-corrected chi connectivity index (χ4v) is 2.59. The van der Waals surface area contributed by atoms with E-state index in [2.05, 4.69) is 11.9 Å². The van der Waals surface area contributed by atoms with Crippen LogP contribution in [-0.4, -0.2) is 16.1 Å². The second kappa shape index (κ2) is 3.69. The zero-order chi connectivity index (χ0) is 10.1. The van der Waals surface area contributed by atoms with Gasteiger partial charge in [-0.15, -0.1) is 11.3 Å². The van der Waals surface area contributed by atoms with Crippen molar-refractivity contribution in [2.75, 3.05) is 0 Å². The molecule has 3 nitrogen and oxygen atoms in total. The van der Waals surface area contributed by atoms with Crippen LogP contribution in [0.2, 0.25) is 0 Å². The zero-order valence-corrected chi connectivity index (χ0v) is 8.93. The fraction of sp³-hybridized carbons (Fsp3) is 0.600. The van der Waals surface area contributed by atoms with Gasteiger partial charge in [0.2, 0.25) is 0 Å². The van der Waals surface area contributed by atoms with Crippen molar-refractivity contribution in [3.63, 3.8) is 0 Å². The summed E-state index contributed by atoms with van der Waals surface area (Å²) in [7, 11) is 0. The molecular formula is C10H13NO2S. The van der Waals surface area contributed by atoms with E-state index >= 15 is 0 Å². The Labute approximate surface area is 86.8 Å². The van der Waals surface area contributed by atoms with Crippen molar-refractivity contribution in [2.45, 2.75) is 38.5 Å². The molecule has 2 rings (SSSR count). The lowest BCUT2D eigenvalue weighted by atomic mass is 10.2. The van der Waals surface area contributed by atoms with Crippen LogP contribution in [0.5, 0.6) is 0 Å². The Bertz CT molecular complexity index is 355. The van der Waals surface area contributed by atoms with Crippen LogP contribution in [-0.2, 0) is 17.6 Å². The van der Waals surface area contributed by atoms with E-state index in [1.165, 1.54) is 12.8 Å². The van der Waals surface area contributed by atoms with Gasteiger partial charge in [0.1, 0.15) is 0 Å². The van der Waals surface area contributed by atoms with Gasteiger partial charge in [0.05, 0.1) is 17.1 Å². The Morgan fingerprint density at radius 1 is 1.64 bits per heavy atom. The molecule has 1 heterocycles. The van der Waals surface area contributed by atoms with Crippen LogP contribution < -0.4 is 0 Å². The predicted octanol–water partition coefficient (Wildman–Crippen LogP) is 2.21. The molecule has 1 aliphatic rings. The van der Waals surface area contributed by atoms with E-state index in [1.807, 2.05) is 0 Å². The van der Waals surface area contributed by atoms with Gasteiger partial charge in [0.15, 0.2) is 0 Å². The standard InChI is InChI=1S/C10H13NO2S/c1-2-8-11-10(6-3-4-6)7(14-8)5-9(12)13/h6H,2-5H2,1H3,(H,12,13). The highest BCUT2D eigenvalue weighted by atomic mass is 32.1. The summed E-state index contributed by atoms with van der Waals surface area (Å²) in [4.78, 5) is 16.1. The molecule has 1 fully saturated rings. The highest BCUT2D eigenvalue weighted by Gasteiger charge is 2.29. The summed E-state index contributed by atoms with van der Waals surface area (Å²) in [5.74, 6) is -0.195. The normalized spacial score (nSPS) is 15.8. The minimum Gasteiger partial charge on any atom is -0.481 e. The molecule has 0 aliphatic heterocycles. The Hall–Kier alpha value is -0.900. The predicted molar refractivity (Wildman–Crippen MR) is 54.8 cm³/mol. The van der Waals surface area contributed by atoms with Crippen LogP contribution in [0, 0.1) is 0 Å². The molecule has 0 radical (unpaired) electrons. The summed E-state index contributed by atoms with van der Waals surface area (Å²) in [5.41, 5.74) is 1.06. The average molecular weight is 211 g/mol. The highest BCUT2D eigenvalue weighted by Crippen LogP contribution is 2.42. The SMILES string of the molecule is CCc1nc(C2CC2)c(CC(=O)O)s1. The molecule has 1 aromatic heterocycles. The molecule has 0 saturated heterocycles. The van der Waals surface area contributed by atoms with Crippen molar-refractivity contribution in [3.05, 3.63) is 15.6 Å². The topological polar surface area (TPSA) is 50.2 Å². The van der Waals surface area contributed by atoms with Gasteiger partial charge in [0.25, 0.3) is 0 Å². The Balaban J connectivity index is 2.25. The van der Waals surface area contributed by atoms with E-state index < -0.39 is 5.97 Å². The second-order valence-electron chi connectivity index (χ2n) is 3.61. The molecule has 0 atom stereocenters. The number of hydrogen-bond acceptors (Lipinski definition) is 3. The van der Waals surface area contributed by atoms with Crippen LogP contribution in [0.1, 0.15) is 41.3 Å². The van der Waals surface area contributed by atoms with Crippen molar-refractivity contribution >= 4 is 17.3 Å². The highest BCUT2D eigenvalue weighted by molar-refractivity contribution is 7.11. The van der Waals surface area contributed by atoms with Gasteiger partial charge >= 0.3 is 5.97 Å². The quantitative estimate of drug-likeness (QED) is 0.830. The van der Waals surface area contributed by atoms with Crippen molar-refractivity contribution in [3.8, 4) is 0 Å². The maximum Gasteiger partial charge on any atom is 0.308 e. The lowest BCUT2D eigenvalue weighted by Gasteiger charge is -1.94. The monoisotopic (exact) mass is 211 g/mol. The Morgan fingerprint density at radius 2 is 2.36 bits per heavy atom. The zero-order valence-electron chi connectivity index (χ0n) is 8.12. The summed E-state index contributed by atoms with van der Waals surface area (Å²) in [6.45, 7) is 2.06. The smallest absolute Gasteiger partial charge is 0.308 e. The largest absolute Gasteiger partial charge is 0.481 e. The molecule has 1 aliphatic carbocycles. The van der Waals surface area contributed by atoms with Gasteiger partial charge in [0, 0.05) is 10.8 Å². The first-order valence-corrected chi connectivity index (χ1v) is 5.72. The molecule has 1 saturated carbocycles. The van der Waals surface area contributed by atoms with E-state index in [4.69, 9.17) is 5.11 Å². The summed E-state index contributed by atoms with van der Waals surface area (Å²) in [6, 6.07) is 0. The first-order chi connectivity index (χ1) is 6.70. The minimum absolute atomic E-state index is 0.142. The van der Waals surface area contributed by atoms with Gasteiger partial charge in [-0.3, -0.25) is 4.79 Å². The lowest BCUT2D eigenvalue weighted by Crippen LogP contribution is -2.00. The van der Waals surface area contributed by atoms with E-state index in [0.29, 0.717) is 5.92 Å². The third kappa shape index (κ3) is 1.95. The molecule has 4 heteroatoms. The maximum absolute atomic E-state index is 10.6.